The van der Waals surface area contributed by atoms with Gasteiger partial charge in [0, 0.05) is 62.2 Å². The molecule has 5 unspecified atom stereocenters. The highest BCUT2D eigenvalue weighted by molar-refractivity contribution is 7.15. The van der Waals surface area contributed by atoms with Crippen molar-refractivity contribution in [2.24, 2.45) is 10.4 Å². The number of aryl methyl sites for hydroxylation is 2. The van der Waals surface area contributed by atoms with Gasteiger partial charge in [-0.05, 0) is 92.3 Å². The van der Waals surface area contributed by atoms with Crippen LogP contribution in [0.4, 0.5) is 14.5 Å². The smallest absolute Gasteiger partial charge is 0.251 e. The summed E-state index contributed by atoms with van der Waals surface area (Å²) in [6.07, 6.45) is 0.345. The van der Waals surface area contributed by atoms with E-state index in [1.54, 1.807) is 11.3 Å². The van der Waals surface area contributed by atoms with E-state index < -0.39 is 58.3 Å². The second kappa shape index (κ2) is 26.1. The summed E-state index contributed by atoms with van der Waals surface area (Å²) >= 11 is 20.3. The van der Waals surface area contributed by atoms with Crippen LogP contribution in [-0.2, 0) is 29.2 Å². The van der Waals surface area contributed by atoms with E-state index >= 15 is 8.78 Å². The van der Waals surface area contributed by atoms with E-state index in [1.165, 1.54) is 55.6 Å². The van der Waals surface area contributed by atoms with Crippen LogP contribution in [0.3, 0.4) is 0 Å². The molecule has 2 aliphatic rings. The number of rotatable bonds is 22. The van der Waals surface area contributed by atoms with Gasteiger partial charge in [0.15, 0.2) is 5.82 Å². The molecular formula is C58H62Cl3F2N9O7S. The van der Waals surface area contributed by atoms with Crippen molar-refractivity contribution in [1.82, 2.24) is 30.7 Å². The molecule has 6 aromatic rings. The van der Waals surface area contributed by atoms with Crippen molar-refractivity contribution in [3.63, 3.8) is 0 Å². The minimum atomic E-state index is -1.82. The molecule has 2 aliphatic heterocycles. The van der Waals surface area contributed by atoms with E-state index in [0.29, 0.717) is 29.9 Å². The summed E-state index contributed by atoms with van der Waals surface area (Å²) < 4.78 is 56.8. The summed E-state index contributed by atoms with van der Waals surface area (Å²) in [7, 11) is 1.38. The summed E-state index contributed by atoms with van der Waals surface area (Å²) in [5, 5.41) is 33.4. The molecule has 4 aromatic carbocycles. The van der Waals surface area contributed by atoms with Gasteiger partial charge in [-0.3, -0.25) is 23.9 Å². The molecule has 0 saturated carbocycles. The van der Waals surface area contributed by atoms with Gasteiger partial charge in [0.2, 0.25) is 11.8 Å². The molecule has 1 saturated heterocycles. The molecule has 4 heterocycles. The molecule has 4 N–H and O–H groups in total. The van der Waals surface area contributed by atoms with Gasteiger partial charge < -0.3 is 40.2 Å². The van der Waals surface area contributed by atoms with Gasteiger partial charge in [-0.2, -0.15) is 5.26 Å². The van der Waals surface area contributed by atoms with Crippen molar-refractivity contribution in [2.75, 3.05) is 65.2 Å². The molecule has 0 aliphatic carbocycles. The Morgan fingerprint density at radius 2 is 1.54 bits per heavy atom. The average molecular weight is 1170 g/mol. The first-order valence-corrected chi connectivity index (χ1v) is 27.9. The number of thiophene rings is 1. The lowest BCUT2D eigenvalue weighted by Crippen LogP contribution is -2.45. The van der Waals surface area contributed by atoms with Gasteiger partial charge in [-0.25, -0.2) is 8.78 Å². The molecule has 2 aromatic heterocycles. The number of hydrogen-bond donors (Lipinski definition) is 4. The zero-order valence-electron chi connectivity index (χ0n) is 45.3. The topological polar surface area (TPSA) is 203 Å². The van der Waals surface area contributed by atoms with Crippen LogP contribution in [0.1, 0.15) is 100 Å². The molecule has 3 amide bonds. The number of aliphatic imine (C=N–C) groups is 1. The lowest BCUT2D eigenvalue weighted by atomic mass is 9.62. The third kappa shape index (κ3) is 13.2. The molecule has 0 radical (unpaired) electrons. The average Bonchev–Trinajstić information content (AvgIpc) is 4.24. The minimum absolute atomic E-state index is 0.0499. The molecular weight excluding hydrogens is 1110 g/mol. The Morgan fingerprint density at radius 3 is 2.20 bits per heavy atom. The number of benzene rings is 4. The zero-order valence-corrected chi connectivity index (χ0v) is 48.4. The Hall–Kier alpha value is -6.34. The molecule has 22 heteroatoms. The monoisotopic (exact) mass is 1170 g/mol. The van der Waals surface area contributed by atoms with Gasteiger partial charge in [-0.1, -0.05) is 85.9 Å². The number of fused-ring (bicyclic) bond motifs is 3. The van der Waals surface area contributed by atoms with Gasteiger partial charge >= 0.3 is 0 Å². The van der Waals surface area contributed by atoms with E-state index in [-0.39, 0.29) is 96.4 Å². The fraction of sp³-hybridized carbons (Fsp3) is 0.397. The van der Waals surface area contributed by atoms with Crippen LogP contribution in [-0.4, -0.2) is 110 Å². The summed E-state index contributed by atoms with van der Waals surface area (Å²) in [5.74, 6) is -2.77. The number of nitrogens with one attached hydrogen (secondary N) is 4. The van der Waals surface area contributed by atoms with E-state index in [9.17, 15) is 19.6 Å². The Bertz CT molecular complexity index is 3330. The number of methoxy groups -OCH3 is 1. The molecule has 0 spiro atoms. The lowest BCUT2D eigenvalue weighted by molar-refractivity contribution is -0.121. The predicted octanol–water partition coefficient (Wildman–Crippen LogP) is 10.3. The molecule has 8 rings (SSSR count). The van der Waals surface area contributed by atoms with Crippen LogP contribution in [0.2, 0.25) is 15.1 Å². The summed E-state index contributed by atoms with van der Waals surface area (Å²) in [6.45, 7) is 14.0. The SMILES string of the molecule is COc1cc(C(=O)NCCOCCOCCOCCNC(=O)CC2N=C(c3ccc(Cl)cc3)c3c(sc(C)c3C)-n3c(C)nnc32)ccc1NC(=O)C1NC(CC(C)(C)C)C(C#N)(c2ccc(Cl)cc2F)C1c1cccc(Cl)c1F. The first-order chi connectivity index (χ1) is 38.3. The minimum Gasteiger partial charge on any atom is -0.495 e. The molecule has 16 nitrogen and oxygen atoms in total. The summed E-state index contributed by atoms with van der Waals surface area (Å²) in [6, 6.07) is 19.8. The largest absolute Gasteiger partial charge is 0.495 e. The zero-order chi connectivity index (χ0) is 57.5. The number of hydrogen-bond acceptors (Lipinski definition) is 13. The first-order valence-electron chi connectivity index (χ1n) is 26.0. The molecule has 80 heavy (non-hydrogen) atoms. The van der Waals surface area contributed by atoms with Crippen LogP contribution in [0.25, 0.3) is 5.00 Å². The maximum Gasteiger partial charge on any atom is 0.251 e. The molecule has 0 bridgehead atoms. The Morgan fingerprint density at radius 1 is 0.863 bits per heavy atom. The van der Waals surface area contributed by atoms with Gasteiger partial charge in [0.1, 0.15) is 39.7 Å². The normalized spacial score (nSPS) is 18.6. The van der Waals surface area contributed by atoms with E-state index in [2.05, 4.69) is 51.4 Å². The van der Waals surface area contributed by atoms with Crippen LogP contribution >= 0.6 is 46.1 Å². The Kier molecular flexibility index (Phi) is 19.5. The van der Waals surface area contributed by atoms with Gasteiger partial charge in [0.25, 0.3) is 5.91 Å². The predicted molar refractivity (Wildman–Crippen MR) is 305 cm³/mol. The molecule has 5 atom stereocenters. The number of carbonyl (C=O) groups excluding carboxylic acids is 3. The van der Waals surface area contributed by atoms with Crippen molar-refractivity contribution in [3.8, 4) is 16.8 Å². The van der Waals surface area contributed by atoms with E-state index in [0.717, 1.165) is 38.3 Å². The van der Waals surface area contributed by atoms with Crippen molar-refractivity contribution in [1.29, 1.82) is 5.26 Å². The number of aromatic nitrogens is 3. The van der Waals surface area contributed by atoms with Crippen LogP contribution in [0.5, 0.6) is 5.75 Å². The molecule has 422 valence electrons. The maximum absolute atomic E-state index is 16.2. The third-order valence-corrected chi connectivity index (χ3v) is 16.0. The number of nitriles is 1. The maximum atomic E-state index is 16.2. The summed E-state index contributed by atoms with van der Waals surface area (Å²) in [4.78, 5) is 47.4. The first kappa shape index (κ1) is 59.8. The van der Waals surface area contributed by atoms with Crippen molar-refractivity contribution >= 4 is 75.3 Å². The highest BCUT2D eigenvalue weighted by Gasteiger charge is 2.61. The Labute approximate surface area is 482 Å². The van der Waals surface area contributed by atoms with Gasteiger partial charge in [-0.15, -0.1) is 21.5 Å². The number of halogens is 5. The van der Waals surface area contributed by atoms with Gasteiger partial charge in [0.05, 0.1) is 81.7 Å². The molecule has 1 fully saturated rings. The summed E-state index contributed by atoms with van der Waals surface area (Å²) in [5.41, 5.74) is 1.81. The second-order valence-corrected chi connectivity index (χ2v) is 23.1. The lowest BCUT2D eigenvalue weighted by Gasteiger charge is -2.37. The van der Waals surface area contributed by atoms with E-state index in [4.69, 9.17) is 58.7 Å². The fourth-order valence-electron chi connectivity index (χ4n) is 10.2. The highest BCUT2D eigenvalue weighted by atomic mass is 35.5. The van der Waals surface area contributed by atoms with Crippen LogP contribution in [0.15, 0.2) is 83.9 Å². The standard InChI is InChI=1S/C58H62Cl3F2N9O7S/c1-32-33(2)80-56-48(32)51(35-11-14-37(59)15-12-35)67-44(53-71-70-34(3)72(53)56)29-47(73)65-19-21-77-23-25-79-26-24-78-22-20-66-54(74)36-13-18-43(45(27-36)76-7)68-55(75)52-49(39-9-8-10-41(61)50(39)63)58(31-64,46(69-52)30-57(4,5)6)40-17-16-38(60)28-42(40)62/h8-18,27-28,44,46,49,52,69H,19-26,29-30H2,1-7H3,(H,65,73)(H,66,74)(H,68,75). The van der Waals surface area contributed by atoms with Crippen molar-refractivity contribution in [3.05, 3.63) is 155 Å². The van der Waals surface area contributed by atoms with Crippen molar-refractivity contribution in [2.45, 2.75) is 83.8 Å². The quantitative estimate of drug-likeness (QED) is 0.0471. The second-order valence-electron chi connectivity index (χ2n) is 20.6. The van der Waals surface area contributed by atoms with E-state index in [1.807, 2.05) is 56.5 Å². The number of nitrogens with zero attached hydrogens (tertiary/aromatic N) is 5. The third-order valence-electron chi connectivity index (χ3n) is 14.0. The highest BCUT2D eigenvalue weighted by Crippen LogP contribution is 2.53. The van der Waals surface area contributed by atoms with Crippen LogP contribution < -0.4 is 26.0 Å². The number of anilines is 1. The fourth-order valence-corrected chi connectivity index (χ4v) is 11.9. The number of ether oxygens (including phenoxy) is 4. The number of carbonyl (C=O) groups is 3. The Balaban J connectivity index is 0.776. The van der Waals surface area contributed by atoms with Crippen LogP contribution in [0, 0.1) is 49.2 Å². The number of amides is 3. The van der Waals surface area contributed by atoms with Crippen molar-refractivity contribution < 1.29 is 42.1 Å².